The Bertz CT molecular complexity index is 549. The SMILES string of the molecule is Oc1ccccc1C1(O)Nc2ccccc2O1.[Zn]. The summed E-state index contributed by atoms with van der Waals surface area (Å²) in [5.74, 6) is -1.18. The molecule has 1 aliphatic heterocycles. The van der Waals surface area contributed by atoms with Crippen LogP contribution < -0.4 is 10.1 Å². The third kappa shape index (κ3) is 1.96. The van der Waals surface area contributed by atoms with Crippen LogP contribution in [0.1, 0.15) is 5.56 Å². The normalized spacial score (nSPS) is 20.3. The molecule has 2 aromatic rings. The van der Waals surface area contributed by atoms with Crippen LogP contribution in [-0.4, -0.2) is 10.2 Å². The molecule has 1 unspecified atom stereocenters. The fourth-order valence-electron chi connectivity index (χ4n) is 1.91. The Balaban J connectivity index is 0.00000120. The molecule has 0 saturated heterocycles. The van der Waals surface area contributed by atoms with E-state index in [0.717, 1.165) is 0 Å². The van der Waals surface area contributed by atoms with Gasteiger partial charge in [-0.05, 0) is 24.3 Å². The molecule has 1 aliphatic rings. The van der Waals surface area contributed by atoms with E-state index < -0.39 is 5.91 Å². The van der Waals surface area contributed by atoms with Crippen molar-refractivity contribution in [3.8, 4) is 11.5 Å². The van der Waals surface area contributed by atoms with Gasteiger partial charge >= 0.3 is 5.91 Å². The van der Waals surface area contributed by atoms with E-state index >= 15 is 0 Å². The summed E-state index contributed by atoms with van der Waals surface area (Å²) in [7, 11) is 0. The number of nitrogens with one attached hydrogen (secondary N) is 1. The second kappa shape index (κ2) is 4.60. The molecule has 1 atom stereocenters. The molecule has 2 aromatic carbocycles. The van der Waals surface area contributed by atoms with Crippen molar-refractivity contribution in [2.45, 2.75) is 5.91 Å². The molecule has 0 aromatic heterocycles. The second-order valence-corrected chi connectivity index (χ2v) is 3.88. The molecule has 0 bridgehead atoms. The molecule has 0 saturated carbocycles. The minimum absolute atomic E-state index is 0. The van der Waals surface area contributed by atoms with E-state index in [4.69, 9.17) is 4.74 Å². The van der Waals surface area contributed by atoms with E-state index in [-0.39, 0.29) is 30.8 Å². The molecule has 0 amide bonds. The molecule has 1 heterocycles. The second-order valence-electron chi connectivity index (χ2n) is 3.88. The summed E-state index contributed by atoms with van der Waals surface area (Å²) in [4.78, 5) is 0. The average molecular weight is 295 g/mol. The van der Waals surface area contributed by atoms with Crippen LogP contribution in [0.15, 0.2) is 48.5 Å². The third-order valence-electron chi connectivity index (χ3n) is 2.72. The minimum atomic E-state index is -1.71. The first-order chi connectivity index (χ1) is 8.19. The molecule has 3 rings (SSSR count). The first-order valence-corrected chi connectivity index (χ1v) is 5.26. The van der Waals surface area contributed by atoms with Gasteiger partial charge in [0.15, 0.2) is 0 Å². The van der Waals surface area contributed by atoms with Gasteiger partial charge < -0.3 is 20.3 Å². The summed E-state index contributed by atoms with van der Waals surface area (Å²) in [6, 6.07) is 13.7. The van der Waals surface area contributed by atoms with Crippen LogP contribution in [0.4, 0.5) is 5.69 Å². The van der Waals surface area contributed by atoms with Crippen LogP contribution in [0.2, 0.25) is 0 Å². The zero-order chi connectivity index (χ0) is 11.9. The third-order valence-corrected chi connectivity index (χ3v) is 2.72. The number of hydrogen-bond acceptors (Lipinski definition) is 4. The van der Waals surface area contributed by atoms with Crippen molar-refractivity contribution in [1.82, 2.24) is 0 Å². The maximum absolute atomic E-state index is 10.4. The number of aromatic hydroxyl groups is 1. The fraction of sp³-hybridized carbons (Fsp3) is 0.0769. The van der Waals surface area contributed by atoms with Gasteiger partial charge in [0.05, 0.1) is 11.3 Å². The molecule has 18 heavy (non-hydrogen) atoms. The molecule has 4 nitrogen and oxygen atoms in total. The van der Waals surface area contributed by atoms with Gasteiger partial charge in [0.1, 0.15) is 11.5 Å². The van der Waals surface area contributed by atoms with Crippen LogP contribution in [0, 0.1) is 0 Å². The number of rotatable bonds is 1. The number of aliphatic hydroxyl groups is 1. The maximum Gasteiger partial charge on any atom is 0.322 e. The smallest absolute Gasteiger partial charge is 0.322 e. The molecule has 0 aliphatic carbocycles. The summed E-state index contributed by atoms with van der Waals surface area (Å²) < 4.78 is 5.45. The van der Waals surface area contributed by atoms with E-state index in [2.05, 4.69) is 5.32 Å². The number of fused-ring (bicyclic) bond motifs is 1. The van der Waals surface area contributed by atoms with Gasteiger partial charge in [-0.1, -0.05) is 24.3 Å². The summed E-state index contributed by atoms with van der Waals surface area (Å²) in [6.07, 6.45) is 0. The van der Waals surface area contributed by atoms with Crippen LogP contribution in [0.3, 0.4) is 0 Å². The molecule has 0 radical (unpaired) electrons. The number of anilines is 1. The minimum Gasteiger partial charge on any atom is -0.507 e. The average Bonchev–Trinajstić information content (AvgIpc) is 2.66. The molecule has 0 fully saturated rings. The van der Waals surface area contributed by atoms with Crippen molar-refractivity contribution in [2.75, 3.05) is 5.32 Å². The predicted molar refractivity (Wildman–Crippen MR) is 62.7 cm³/mol. The van der Waals surface area contributed by atoms with Crippen molar-refractivity contribution >= 4 is 5.69 Å². The number of benzene rings is 2. The van der Waals surface area contributed by atoms with Gasteiger partial charge in [0.2, 0.25) is 0 Å². The summed E-state index contributed by atoms with van der Waals surface area (Å²) >= 11 is 0. The van der Waals surface area contributed by atoms with Gasteiger partial charge in [-0.3, -0.25) is 0 Å². The zero-order valence-electron chi connectivity index (χ0n) is 9.63. The molecule has 3 N–H and O–H groups in total. The van der Waals surface area contributed by atoms with E-state index in [9.17, 15) is 10.2 Å². The van der Waals surface area contributed by atoms with E-state index in [1.807, 2.05) is 12.1 Å². The Kier molecular flexibility index (Phi) is 3.29. The zero-order valence-corrected chi connectivity index (χ0v) is 12.6. The van der Waals surface area contributed by atoms with Gasteiger partial charge in [-0.25, -0.2) is 0 Å². The first kappa shape index (κ1) is 12.9. The molecular weight excluding hydrogens is 284 g/mol. The van der Waals surface area contributed by atoms with Crippen LogP contribution >= 0.6 is 0 Å². The maximum atomic E-state index is 10.4. The number of phenols is 1. The number of phenolic OH excluding ortho intramolecular Hbond substituents is 1. The van der Waals surface area contributed by atoms with Gasteiger partial charge in [0.25, 0.3) is 0 Å². The first-order valence-electron chi connectivity index (χ1n) is 5.26. The monoisotopic (exact) mass is 293 g/mol. The van der Waals surface area contributed by atoms with Crippen molar-refractivity contribution in [1.29, 1.82) is 0 Å². The topological polar surface area (TPSA) is 61.7 Å². The van der Waals surface area contributed by atoms with Crippen LogP contribution in [0.5, 0.6) is 11.5 Å². The summed E-state index contributed by atoms with van der Waals surface area (Å²) in [5.41, 5.74) is 0.981. The Morgan fingerprint density at radius 2 is 1.67 bits per heavy atom. The van der Waals surface area contributed by atoms with Crippen molar-refractivity contribution in [3.05, 3.63) is 54.1 Å². The molecule has 88 valence electrons. The Morgan fingerprint density at radius 3 is 2.39 bits per heavy atom. The van der Waals surface area contributed by atoms with E-state index in [0.29, 0.717) is 11.4 Å². The number of para-hydroxylation sites is 3. The van der Waals surface area contributed by atoms with E-state index in [1.165, 1.54) is 6.07 Å². The van der Waals surface area contributed by atoms with Gasteiger partial charge in [-0.15, -0.1) is 0 Å². The molecule has 5 heteroatoms. The fourth-order valence-corrected chi connectivity index (χ4v) is 1.91. The van der Waals surface area contributed by atoms with Crippen LogP contribution in [-0.2, 0) is 25.4 Å². The van der Waals surface area contributed by atoms with Crippen molar-refractivity contribution in [3.63, 3.8) is 0 Å². The number of hydrogen-bond donors (Lipinski definition) is 3. The standard InChI is InChI=1S/C13H11NO3.Zn/c15-11-7-3-1-5-9(11)13(16)14-10-6-2-4-8-12(10)17-13;/h1-8,14-16H;. The predicted octanol–water partition coefficient (Wildman–Crippen LogP) is 2.00. The van der Waals surface area contributed by atoms with Crippen LogP contribution in [0.25, 0.3) is 0 Å². The van der Waals surface area contributed by atoms with Gasteiger partial charge in [-0.2, -0.15) is 0 Å². The quantitative estimate of drug-likeness (QED) is 0.704. The van der Waals surface area contributed by atoms with Gasteiger partial charge in [0, 0.05) is 19.5 Å². The summed E-state index contributed by atoms with van der Waals surface area (Å²) in [6.45, 7) is 0. The van der Waals surface area contributed by atoms with Crippen molar-refractivity contribution < 1.29 is 34.4 Å². The van der Waals surface area contributed by atoms with E-state index in [1.54, 1.807) is 30.3 Å². The van der Waals surface area contributed by atoms with Crippen molar-refractivity contribution in [2.24, 2.45) is 0 Å². The Morgan fingerprint density at radius 1 is 1.00 bits per heavy atom. The largest absolute Gasteiger partial charge is 0.507 e. The Hall–Kier alpha value is -1.58. The number of ether oxygens (including phenoxy) is 1. The molecular formula is C13H11NO3Zn. The Labute approximate surface area is 117 Å². The molecule has 0 spiro atoms. The summed E-state index contributed by atoms with van der Waals surface area (Å²) in [5, 5.41) is 22.9.